The Morgan fingerprint density at radius 1 is 1.07 bits per heavy atom. The fraction of sp³-hybridized carbons (Fsp3) is 0.483. The fourth-order valence-electron chi connectivity index (χ4n) is 4.94. The molecule has 0 radical (unpaired) electrons. The van der Waals surface area contributed by atoms with Gasteiger partial charge in [0.2, 0.25) is 5.75 Å². The molecular formula is C29H37N7O3S. The van der Waals surface area contributed by atoms with Crippen molar-refractivity contribution in [2.24, 2.45) is 11.8 Å². The number of aryl methyl sites for hydroxylation is 1. The van der Waals surface area contributed by atoms with E-state index >= 15 is 0 Å². The molecule has 3 aromatic rings. The van der Waals surface area contributed by atoms with Crippen LogP contribution in [0.1, 0.15) is 36.9 Å². The summed E-state index contributed by atoms with van der Waals surface area (Å²) in [7, 11) is 5.47. The molecule has 0 bridgehead atoms. The summed E-state index contributed by atoms with van der Waals surface area (Å²) < 4.78 is 5.84. The summed E-state index contributed by atoms with van der Waals surface area (Å²) in [6.07, 6.45) is 4.09. The molecule has 5 rings (SSSR count). The molecular weight excluding hydrogens is 526 g/mol. The van der Waals surface area contributed by atoms with E-state index in [-0.39, 0.29) is 17.6 Å². The maximum absolute atomic E-state index is 12.7. The van der Waals surface area contributed by atoms with E-state index in [2.05, 4.69) is 20.4 Å². The highest BCUT2D eigenvalue weighted by atomic mass is 32.2. The molecule has 0 spiro atoms. The van der Waals surface area contributed by atoms with E-state index in [0.29, 0.717) is 60.2 Å². The van der Waals surface area contributed by atoms with Crippen molar-refractivity contribution in [2.75, 3.05) is 51.1 Å². The highest BCUT2D eigenvalue weighted by Gasteiger charge is 2.30. The largest absolute Gasteiger partial charge is 0.490 e. The first-order chi connectivity index (χ1) is 19.3. The molecule has 1 saturated carbocycles. The summed E-state index contributed by atoms with van der Waals surface area (Å²) in [5.74, 6) is 3.33. The third kappa shape index (κ3) is 7.00. The van der Waals surface area contributed by atoms with Crippen molar-refractivity contribution in [2.45, 2.75) is 49.1 Å². The first-order valence-electron chi connectivity index (χ1n) is 13.8. The number of aromatic amines is 1. The number of Topliss-reactive ketones (excluding diaryl/α,β-unsaturated/α-hetero) is 2. The number of hydrogen-bond acceptors (Lipinski definition) is 10. The quantitative estimate of drug-likeness (QED) is 0.309. The standard InChI is InChI=1S/C29H37N7O3S/c1-18-15-25(34-33-18)30-27-26(39-4)28(36-13-11-21(12-14-36)24(38)17-35(2)3)32-29(31-27)40-22-9-5-19(6-10-22)16-23(37)20-7-8-20/h5-6,9-10,15,20-21H,7-8,11-14,16-17H2,1-4H3,(H2,30,31,32,33,34). The number of carbonyl (C=O) groups excluding carboxylic acids is 2. The summed E-state index contributed by atoms with van der Waals surface area (Å²) in [5, 5.41) is 11.1. The van der Waals surface area contributed by atoms with Crippen LogP contribution in [0.3, 0.4) is 0 Å². The van der Waals surface area contributed by atoms with Crippen molar-refractivity contribution < 1.29 is 14.3 Å². The number of rotatable bonds is 12. The predicted molar refractivity (Wildman–Crippen MR) is 156 cm³/mol. The third-order valence-electron chi connectivity index (χ3n) is 7.25. The molecule has 1 aromatic carbocycles. The summed E-state index contributed by atoms with van der Waals surface area (Å²) in [4.78, 5) is 39.7. The second-order valence-electron chi connectivity index (χ2n) is 10.9. The molecule has 0 amide bonds. The van der Waals surface area contributed by atoms with Crippen molar-refractivity contribution in [3.05, 3.63) is 41.6 Å². The number of anilines is 3. The molecule has 0 atom stereocenters. The number of ether oxygens (including phenoxy) is 1. The highest BCUT2D eigenvalue weighted by Crippen LogP contribution is 2.39. The van der Waals surface area contributed by atoms with Crippen LogP contribution >= 0.6 is 11.8 Å². The Morgan fingerprint density at radius 2 is 1.77 bits per heavy atom. The van der Waals surface area contributed by atoms with E-state index in [1.807, 2.05) is 56.3 Å². The number of hydrogen-bond donors (Lipinski definition) is 2. The van der Waals surface area contributed by atoms with Gasteiger partial charge in [0.1, 0.15) is 11.6 Å². The summed E-state index contributed by atoms with van der Waals surface area (Å²) in [5.41, 5.74) is 1.95. The SMILES string of the molecule is COc1c(Nc2cc(C)[nH]n2)nc(Sc2ccc(CC(=O)C3CC3)cc2)nc1N1CCC(C(=O)CN(C)C)CC1. The minimum Gasteiger partial charge on any atom is -0.490 e. The van der Waals surface area contributed by atoms with Gasteiger partial charge in [0.25, 0.3) is 0 Å². The van der Waals surface area contributed by atoms with Crippen molar-refractivity contribution in [1.82, 2.24) is 25.1 Å². The minimum atomic E-state index is 0.0512. The average molecular weight is 564 g/mol. The van der Waals surface area contributed by atoms with E-state index in [9.17, 15) is 9.59 Å². The molecule has 2 aromatic heterocycles. The number of nitrogens with one attached hydrogen (secondary N) is 2. The Balaban J connectivity index is 1.38. The number of ketones is 2. The van der Waals surface area contributed by atoms with Gasteiger partial charge in [0, 0.05) is 48.0 Å². The van der Waals surface area contributed by atoms with Gasteiger partial charge >= 0.3 is 0 Å². The molecule has 2 aliphatic rings. The smallest absolute Gasteiger partial charge is 0.204 e. The minimum absolute atomic E-state index is 0.0512. The highest BCUT2D eigenvalue weighted by molar-refractivity contribution is 7.99. The number of nitrogens with zero attached hydrogens (tertiary/aromatic N) is 5. The number of benzene rings is 1. The van der Waals surface area contributed by atoms with Gasteiger partial charge in [-0.3, -0.25) is 14.7 Å². The Morgan fingerprint density at radius 3 is 2.38 bits per heavy atom. The molecule has 40 heavy (non-hydrogen) atoms. The van der Waals surface area contributed by atoms with Gasteiger partial charge in [0.05, 0.1) is 13.7 Å². The van der Waals surface area contributed by atoms with Crippen LogP contribution in [0.5, 0.6) is 5.75 Å². The lowest BCUT2D eigenvalue weighted by Gasteiger charge is -2.33. The number of piperidine rings is 1. The van der Waals surface area contributed by atoms with Crippen LogP contribution < -0.4 is 15.0 Å². The monoisotopic (exact) mass is 563 g/mol. The molecule has 1 aliphatic heterocycles. The summed E-state index contributed by atoms with van der Waals surface area (Å²) >= 11 is 1.46. The van der Waals surface area contributed by atoms with E-state index in [1.165, 1.54) is 11.8 Å². The predicted octanol–water partition coefficient (Wildman–Crippen LogP) is 4.28. The molecule has 2 N–H and O–H groups in total. The van der Waals surface area contributed by atoms with E-state index in [0.717, 1.165) is 41.8 Å². The Labute approximate surface area is 239 Å². The zero-order chi connectivity index (χ0) is 28.2. The van der Waals surface area contributed by atoms with Gasteiger partial charge < -0.3 is 19.9 Å². The Hall–Kier alpha value is -3.44. The fourth-order valence-corrected chi connectivity index (χ4v) is 5.69. The molecule has 2 fully saturated rings. The van der Waals surface area contributed by atoms with Crippen molar-refractivity contribution in [3.8, 4) is 5.75 Å². The number of methoxy groups -OCH3 is 1. The molecule has 0 unspecified atom stereocenters. The van der Waals surface area contributed by atoms with E-state index < -0.39 is 0 Å². The first kappa shape index (κ1) is 28.1. The summed E-state index contributed by atoms with van der Waals surface area (Å²) in [6, 6.07) is 9.94. The Bertz CT molecular complexity index is 1350. The molecule has 212 valence electrons. The first-order valence-corrected chi connectivity index (χ1v) is 14.6. The number of carbonyl (C=O) groups is 2. The van der Waals surface area contributed by atoms with Gasteiger partial charge in [-0.2, -0.15) is 5.10 Å². The zero-order valence-corrected chi connectivity index (χ0v) is 24.4. The van der Waals surface area contributed by atoms with E-state index in [4.69, 9.17) is 14.7 Å². The van der Waals surface area contributed by atoms with Crippen molar-refractivity contribution in [3.63, 3.8) is 0 Å². The van der Waals surface area contributed by atoms with Crippen molar-refractivity contribution in [1.29, 1.82) is 0 Å². The average Bonchev–Trinajstić information content (AvgIpc) is 3.71. The van der Waals surface area contributed by atoms with Crippen LogP contribution in [0, 0.1) is 18.8 Å². The van der Waals surface area contributed by atoms with Crippen LogP contribution in [-0.2, 0) is 16.0 Å². The van der Waals surface area contributed by atoms with Crippen LogP contribution in [0.15, 0.2) is 40.4 Å². The molecule has 3 heterocycles. The normalized spacial score (nSPS) is 15.9. The second kappa shape index (κ2) is 12.4. The van der Waals surface area contributed by atoms with Crippen LogP contribution in [0.2, 0.25) is 0 Å². The molecule has 11 heteroatoms. The zero-order valence-electron chi connectivity index (χ0n) is 23.6. The second-order valence-corrected chi connectivity index (χ2v) is 11.9. The number of H-pyrrole nitrogens is 1. The van der Waals surface area contributed by atoms with Crippen LogP contribution in [0.4, 0.5) is 17.5 Å². The van der Waals surface area contributed by atoms with Crippen LogP contribution in [-0.4, -0.2) is 77.5 Å². The van der Waals surface area contributed by atoms with Crippen molar-refractivity contribution >= 4 is 40.8 Å². The van der Waals surface area contributed by atoms with Gasteiger partial charge in [-0.15, -0.1) is 0 Å². The van der Waals surface area contributed by atoms with E-state index in [1.54, 1.807) is 7.11 Å². The maximum Gasteiger partial charge on any atom is 0.204 e. The maximum atomic E-state index is 12.7. The number of likely N-dealkylation sites (N-methyl/N-ethyl adjacent to an activating group) is 1. The molecule has 1 aliphatic carbocycles. The van der Waals surface area contributed by atoms with Gasteiger partial charge in [-0.05, 0) is 76.2 Å². The Kier molecular flexibility index (Phi) is 8.70. The molecule has 1 saturated heterocycles. The topological polar surface area (TPSA) is 116 Å². The van der Waals surface area contributed by atoms with Crippen LogP contribution in [0.25, 0.3) is 0 Å². The lowest BCUT2D eigenvalue weighted by molar-refractivity contribution is -0.124. The molecule has 10 nitrogen and oxygen atoms in total. The van der Waals surface area contributed by atoms with Gasteiger partial charge in [-0.25, -0.2) is 9.97 Å². The van der Waals surface area contributed by atoms with Gasteiger partial charge in [0.15, 0.2) is 22.6 Å². The lowest BCUT2D eigenvalue weighted by Crippen LogP contribution is -2.39. The number of aromatic nitrogens is 4. The lowest BCUT2D eigenvalue weighted by atomic mass is 9.92. The third-order valence-corrected chi connectivity index (χ3v) is 8.12. The summed E-state index contributed by atoms with van der Waals surface area (Å²) in [6.45, 7) is 3.80. The van der Waals surface area contributed by atoms with Gasteiger partial charge in [-0.1, -0.05) is 12.1 Å².